The molecule has 10 heteroatoms. The van der Waals surface area contributed by atoms with E-state index in [-0.39, 0.29) is 5.41 Å². The van der Waals surface area contributed by atoms with Gasteiger partial charge in [0.2, 0.25) is 0 Å². The quantitative estimate of drug-likeness (QED) is 0.286. The molecule has 0 unspecified atom stereocenters. The average molecular weight is 513 g/mol. The number of anilines is 2. The van der Waals surface area contributed by atoms with Crippen LogP contribution in [0, 0.1) is 0 Å². The van der Waals surface area contributed by atoms with Crippen LogP contribution in [0.1, 0.15) is 26.5 Å². The Balaban J connectivity index is 1.49. The smallest absolute Gasteiger partial charge is 0.325 e. The zero-order valence-corrected chi connectivity index (χ0v) is 21.5. The third kappa shape index (κ3) is 5.58. The fourth-order valence-corrected chi connectivity index (χ4v) is 4.40. The van der Waals surface area contributed by atoms with Gasteiger partial charge in [-0.15, -0.1) is 11.3 Å². The van der Waals surface area contributed by atoms with Crippen molar-refractivity contribution in [3.63, 3.8) is 0 Å². The van der Waals surface area contributed by atoms with E-state index in [0.717, 1.165) is 11.1 Å². The lowest BCUT2D eigenvalue weighted by atomic mass is 9.93. The zero-order valence-electron chi connectivity index (χ0n) is 19.9. The van der Waals surface area contributed by atoms with Crippen LogP contribution < -0.4 is 24.8 Å². The minimum absolute atomic E-state index is 0.0939. The monoisotopic (exact) mass is 512 g/mol. The lowest BCUT2D eigenvalue weighted by Gasteiger charge is -2.14. The fourth-order valence-electron chi connectivity index (χ4n) is 3.25. The van der Waals surface area contributed by atoms with E-state index < -0.39 is 6.03 Å². The van der Waals surface area contributed by atoms with Gasteiger partial charge in [-0.25, -0.2) is 9.78 Å². The molecule has 2 N–H and O–H groups in total. The fraction of sp³-hybridized carbons (Fsp3) is 0.240. The normalized spacial score (nSPS) is 11.3. The Labute approximate surface area is 212 Å². The van der Waals surface area contributed by atoms with E-state index in [0.29, 0.717) is 44.4 Å². The minimum Gasteiger partial charge on any atom is -0.493 e. The first-order chi connectivity index (χ1) is 16.7. The van der Waals surface area contributed by atoms with Crippen LogP contribution in [0.15, 0.2) is 48.0 Å². The number of urea groups is 1. The minimum atomic E-state index is -0.434. The summed E-state index contributed by atoms with van der Waals surface area (Å²) in [6.07, 6.45) is 1.65. The molecule has 35 heavy (non-hydrogen) atoms. The number of halogens is 1. The number of carbonyl (C=O) groups excluding carboxylic acids is 1. The van der Waals surface area contributed by atoms with E-state index in [9.17, 15) is 4.79 Å². The molecular weight excluding hydrogens is 488 g/mol. The summed E-state index contributed by atoms with van der Waals surface area (Å²) in [6, 6.07) is 9.93. The summed E-state index contributed by atoms with van der Waals surface area (Å²) in [5.41, 5.74) is 1.95. The molecule has 0 aliphatic heterocycles. The molecule has 0 atom stereocenters. The van der Waals surface area contributed by atoms with E-state index in [1.165, 1.54) is 11.3 Å². The van der Waals surface area contributed by atoms with Gasteiger partial charge in [-0.05, 0) is 24.3 Å². The van der Waals surface area contributed by atoms with E-state index >= 15 is 0 Å². The summed E-state index contributed by atoms with van der Waals surface area (Å²) in [6.45, 7) is 6.20. The van der Waals surface area contributed by atoms with Gasteiger partial charge in [-0.3, -0.25) is 10.3 Å². The Morgan fingerprint density at radius 3 is 2.40 bits per heavy atom. The van der Waals surface area contributed by atoms with E-state index in [1.54, 1.807) is 50.7 Å². The van der Waals surface area contributed by atoms with E-state index in [4.69, 9.17) is 25.8 Å². The molecule has 0 saturated heterocycles. The molecule has 4 rings (SSSR count). The Kier molecular flexibility index (Phi) is 7.00. The van der Waals surface area contributed by atoms with Crippen molar-refractivity contribution in [1.82, 2.24) is 9.97 Å². The first kappa shape index (κ1) is 24.6. The molecule has 0 aliphatic carbocycles. The number of pyridine rings is 1. The van der Waals surface area contributed by atoms with E-state index in [2.05, 4.69) is 41.4 Å². The molecule has 2 aromatic carbocycles. The number of nitrogens with one attached hydrogen (secondary N) is 2. The maximum Gasteiger partial charge on any atom is 0.325 e. The van der Waals surface area contributed by atoms with Gasteiger partial charge in [0.25, 0.3) is 0 Å². The van der Waals surface area contributed by atoms with Crippen LogP contribution in [-0.4, -0.2) is 30.2 Å². The third-order valence-corrected chi connectivity index (χ3v) is 6.19. The van der Waals surface area contributed by atoms with Gasteiger partial charge in [-0.1, -0.05) is 32.4 Å². The number of aromatic nitrogens is 2. The molecule has 182 valence electrons. The number of amides is 2. The van der Waals surface area contributed by atoms with Crippen molar-refractivity contribution in [1.29, 1.82) is 0 Å². The van der Waals surface area contributed by atoms with Crippen molar-refractivity contribution < 1.29 is 19.0 Å². The van der Waals surface area contributed by atoms with Gasteiger partial charge in [0.05, 0.1) is 36.1 Å². The van der Waals surface area contributed by atoms with Crippen LogP contribution in [0.5, 0.6) is 23.0 Å². The van der Waals surface area contributed by atoms with Crippen molar-refractivity contribution >= 4 is 50.7 Å². The number of fused-ring (bicyclic) bond motifs is 1. The van der Waals surface area contributed by atoms with Crippen LogP contribution in [0.4, 0.5) is 15.6 Å². The van der Waals surface area contributed by atoms with Crippen LogP contribution in [-0.2, 0) is 5.41 Å². The highest BCUT2D eigenvalue weighted by atomic mass is 35.5. The Morgan fingerprint density at radius 1 is 1.00 bits per heavy atom. The molecule has 2 amide bonds. The number of hydrogen-bond donors (Lipinski definition) is 2. The average Bonchev–Trinajstić information content (AvgIpc) is 3.29. The number of hydrogen-bond acceptors (Lipinski definition) is 7. The Morgan fingerprint density at radius 2 is 1.74 bits per heavy atom. The summed E-state index contributed by atoms with van der Waals surface area (Å²) >= 11 is 7.80. The van der Waals surface area contributed by atoms with Crippen molar-refractivity contribution in [2.24, 2.45) is 0 Å². The van der Waals surface area contributed by atoms with Crippen molar-refractivity contribution in [2.75, 3.05) is 24.9 Å². The van der Waals surface area contributed by atoms with Crippen molar-refractivity contribution in [2.45, 2.75) is 26.2 Å². The first-order valence-electron chi connectivity index (χ1n) is 10.7. The largest absolute Gasteiger partial charge is 0.493 e. The van der Waals surface area contributed by atoms with Crippen LogP contribution in [0.3, 0.4) is 0 Å². The van der Waals surface area contributed by atoms with Gasteiger partial charge >= 0.3 is 6.03 Å². The van der Waals surface area contributed by atoms with Crippen LogP contribution >= 0.6 is 22.9 Å². The van der Waals surface area contributed by atoms with Gasteiger partial charge in [0.15, 0.2) is 16.6 Å². The highest BCUT2D eigenvalue weighted by Gasteiger charge is 2.18. The maximum absolute atomic E-state index is 12.5. The molecule has 0 bridgehead atoms. The van der Waals surface area contributed by atoms with Crippen molar-refractivity contribution in [3.05, 3.63) is 58.7 Å². The number of methoxy groups -OCH3 is 2. The molecule has 8 nitrogen and oxygen atoms in total. The van der Waals surface area contributed by atoms with Gasteiger partial charge in [0.1, 0.15) is 11.5 Å². The summed E-state index contributed by atoms with van der Waals surface area (Å²) in [4.78, 5) is 21.3. The Bertz CT molecular complexity index is 1380. The highest BCUT2D eigenvalue weighted by molar-refractivity contribution is 7.14. The second kappa shape index (κ2) is 9.97. The number of benzene rings is 2. The lowest BCUT2D eigenvalue weighted by molar-refractivity contribution is 0.262. The molecule has 2 heterocycles. The molecule has 0 spiro atoms. The van der Waals surface area contributed by atoms with Gasteiger partial charge in [-0.2, -0.15) is 0 Å². The first-order valence-corrected chi connectivity index (χ1v) is 12.0. The number of rotatable bonds is 6. The highest BCUT2D eigenvalue weighted by Crippen LogP contribution is 2.38. The molecular formula is C25H25ClN4O4S. The summed E-state index contributed by atoms with van der Waals surface area (Å²) < 4.78 is 16.8. The predicted octanol–water partition coefficient (Wildman–Crippen LogP) is 7.10. The number of thiazole rings is 1. The molecule has 0 aliphatic rings. The number of ether oxygens (including phenoxy) is 3. The Hall–Kier alpha value is -3.56. The van der Waals surface area contributed by atoms with Gasteiger partial charge in [0, 0.05) is 34.5 Å². The van der Waals surface area contributed by atoms with Crippen LogP contribution in [0.25, 0.3) is 10.9 Å². The van der Waals surface area contributed by atoms with Crippen LogP contribution in [0.2, 0.25) is 5.02 Å². The summed E-state index contributed by atoms with van der Waals surface area (Å²) in [5.74, 6) is 2.21. The maximum atomic E-state index is 12.5. The number of nitrogens with zero attached hydrogens (tertiary/aromatic N) is 2. The second-order valence-electron chi connectivity index (χ2n) is 8.64. The third-order valence-electron chi connectivity index (χ3n) is 5.12. The van der Waals surface area contributed by atoms with Crippen molar-refractivity contribution in [3.8, 4) is 23.0 Å². The van der Waals surface area contributed by atoms with E-state index in [1.807, 2.05) is 11.4 Å². The molecule has 0 fully saturated rings. The second-order valence-corrected chi connectivity index (χ2v) is 9.91. The molecule has 2 aromatic heterocycles. The summed E-state index contributed by atoms with van der Waals surface area (Å²) in [5, 5.41) is 9.01. The van der Waals surface area contributed by atoms with Gasteiger partial charge < -0.3 is 19.5 Å². The molecule has 0 saturated carbocycles. The lowest BCUT2D eigenvalue weighted by Crippen LogP contribution is -2.20. The predicted molar refractivity (Wildman–Crippen MR) is 140 cm³/mol. The standard InChI is InChI=1S/C25H25ClN4O4S/c1-25(2,3)22-13-35-24(29-22)30-23(31)28-17-7-6-14(10-16(17)26)34-19-8-9-27-18-12-21(33-5)20(32-4)11-15(18)19/h6-13H,1-5H3,(H2,28,29,30,31). The zero-order chi connectivity index (χ0) is 25.2. The summed E-state index contributed by atoms with van der Waals surface area (Å²) in [7, 11) is 3.14. The number of carbonyl (C=O) groups is 1. The molecule has 4 aromatic rings. The SMILES string of the molecule is COc1cc2nccc(Oc3ccc(NC(=O)Nc4nc(C(C)(C)C)cs4)c(Cl)c3)c2cc1OC. The molecule has 0 radical (unpaired) electrons. The topological polar surface area (TPSA) is 94.6 Å².